The number of hydrogen-bond donors (Lipinski definition) is 1. The molecule has 41 heavy (non-hydrogen) atoms. The van der Waals surface area contributed by atoms with E-state index in [0.29, 0.717) is 23.1 Å². The molecule has 3 aromatic heterocycles. The normalized spacial score (nSPS) is 19.9. The van der Waals surface area contributed by atoms with Crippen molar-refractivity contribution in [2.75, 3.05) is 13.1 Å². The molecule has 1 N–H and O–H groups in total. The van der Waals surface area contributed by atoms with E-state index in [4.69, 9.17) is 4.42 Å². The van der Waals surface area contributed by atoms with Crippen LogP contribution in [0, 0.1) is 6.92 Å². The second-order valence-electron chi connectivity index (χ2n) is 10.3. The fourth-order valence-corrected chi connectivity index (χ4v) is 8.27. The summed E-state index contributed by atoms with van der Waals surface area (Å²) in [5.41, 5.74) is 1.76. The lowest BCUT2D eigenvalue weighted by atomic mass is 10.1. The van der Waals surface area contributed by atoms with Gasteiger partial charge in [-0.3, -0.25) is 19.4 Å². The van der Waals surface area contributed by atoms with Crippen LogP contribution in [0.3, 0.4) is 0 Å². The third-order valence-corrected chi connectivity index (χ3v) is 10.4. The number of thiophene rings is 1. The molecule has 6 rings (SSSR count). The maximum absolute atomic E-state index is 14.0. The first-order valence-corrected chi connectivity index (χ1v) is 15.7. The van der Waals surface area contributed by atoms with Gasteiger partial charge in [-0.05, 0) is 42.5 Å². The summed E-state index contributed by atoms with van der Waals surface area (Å²) in [7, 11) is -3.83. The van der Waals surface area contributed by atoms with E-state index in [9.17, 15) is 22.8 Å². The van der Waals surface area contributed by atoms with E-state index in [-0.39, 0.29) is 36.8 Å². The smallest absolute Gasteiger partial charge is 0.287 e. The molecule has 2 fully saturated rings. The number of nitrogens with zero attached hydrogens (tertiary/aromatic N) is 3. The molecule has 2 amide bonds. The molecule has 2 aliphatic rings. The average molecular weight is 593 g/mol. The van der Waals surface area contributed by atoms with Gasteiger partial charge in [0.1, 0.15) is 17.7 Å². The quantitative estimate of drug-likeness (QED) is 0.333. The topological polar surface area (TPSA) is 130 Å². The molecule has 4 aromatic rings. The molecule has 3 atom stereocenters. The highest BCUT2D eigenvalue weighted by atomic mass is 32.2. The largest absolute Gasteiger partial charge is 0.451 e. The standard InChI is InChI=1S/C29H28N4O6S2/c1-18-21-8-2-3-9-25(21)39-27(18)28(35)31-22(14-20-7-5-13-40-20)29(36)32-12-10-23-26(32)24(34)16-33(23)41(37,38)17-19-6-4-11-30-15-19/h2-9,11,13,15,22-23,26H,10,12,14,16-17H2,1H3,(H,31,35). The highest BCUT2D eigenvalue weighted by Crippen LogP contribution is 2.33. The number of nitrogens with one attached hydrogen (secondary N) is 1. The van der Waals surface area contributed by atoms with Crippen molar-refractivity contribution in [3.63, 3.8) is 0 Å². The molecule has 5 heterocycles. The molecule has 2 aliphatic heterocycles. The first-order chi connectivity index (χ1) is 19.7. The number of likely N-dealkylation sites (tertiary alicyclic amines) is 1. The number of carbonyl (C=O) groups is 3. The average Bonchev–Trinajstić information content (AvgIpc) is 3.75. The number of carbonyl (C=O) groups excluding carboxylic acids is 3. The minimum Gasteiger partial charge on any atom is -0.451 e. The van der Waals surface area contributed by atoms with Crippen LogP contribution in [0.2, 0.25) is 0 Å². The number of fused-ring (bicyclic) bond motifs is 2. The van der Waals surface area contributed by atoms with Crippen LogP contribution in [0.4, 0.5) is 0 Å². The number of pyridine rings is 1. The van der Waals surface area contributed by atoms with Crippen molar-refractivity contribution in [3.05, 3.63) is 88.1 Å². The number of benzene rings is 1. The van der Waals surface area contributed by atoms with E-state index < -0.39 is 40.0 Å². The first-order valence-electron chi connectivity index (χ1n) is 13.3. The summed E-state index contributed by atoms with van der Waals surface area (Å²) in [6, 6.07) is 11.9. The van der Waals surface area contributed by atoms with Crippen LogP contribution in [-0.4, -0.2) is 71.4 Å². The van der Waals surface area contributed by atoms with Crippen molar-refractivity contribution in [2.45, 2.75) is 43.6 Å². The van der Waals surface area contributed by atoms with Crippen molar-refractivity contribution in [2.24, 2.45) is 0 Å². The Kier molecular flexibility index (Phi) is 7.22. The Morgan fingerprint density at radius 1 is 1.17 bits per heavy atom. The maximum atomic E-state index is 14.0. The van der Waals surface area contributed by atoms with Gasteiger partial charge in [0.2, 0.25) is 15.9 Å². The van der Waals surface area contributed by atoms with Gasteiger partial charge in [-0.2, -0.15) is 4.31 Å². The molecule has 1 aromatic carbocycles. The van der Waals surface area contributed by atoms with E-state index >= 15 is 0 Å². The van der Waals surface area contributed by atoms with Crippen LogP contribution in [0.1, 0.15) is 33.0 Å². The number of furan rings is 1. The molecule has 0 radical (unpaired) electrons. The predicted octanol–water partition coefficient (Wildman–Crippen LogP) is 2.92. The number of rotatable bonds is 8. The van der Waals surface area contributed by atoms with Crippen LogP contribution in [0.5, 0.6) is 0 Å². The zero-order chi connectivity index (χ0) is 28.7. The lowest BCUT2D eigenvalue weighted by molar-refractivity contribution is -0.138. The lowest BCUT2D eigenvalue weighted by Crippen LogP contribution is -2.53. The van der Waals surface area contributed by atoms with Crippen LogP contribution in [0.15, 0.2) is 70.7 Å². The van der Waals surface area contributed by atoms with Crippen molar-refractivity contribution in [1.29, 1.82) is 0 Å². The number of sulfonamides is 1. The van der Waals surface area contributed by atoms with Crippen molar-refractivity contribution in [3.8, 4) is 0 Å². The Bertz CT molecular complexity index is 1720. The molecule has 212 valence electrons. The maximum Gasteiger partial charge on any atom is 0.287 e. The van der Waals surface area contributed by atoms with Gasteiger partial charge in [-0.15, -0.1) is 11.3 Å². The summed E-state index contributed by atoms with van der Waals surface area (Å²) in [6.45, 7) is 1.71. The number of hydrogen-bond acceptors (Lipinski definition) is 8. The van der Waals surface area contributed by atoms with E-state index in [1.54, 1.807) is 31.3 Å². The fourth-order valence-electron chi connectivity index (χ4n) is 5.80. The molecule has 12 heteroatoms. The second kappa shape index (κ2) is 10.8. The van der Waals surface area contributed by atoms with Crippen LogP contribution >= 0.6 is 11.3 Å². The van der Waals surface area contributed by atoms with Gasteiger partial charge in [-0.25, -0.2) is 8.42 Å². The van der Waals surface area contributed by atoms with E-state index in [1.165, 1.54) is 26.7 Å². The molecule has 0 saturated carbocycles. The van der Waals surface area contributed by atoms with E-state index in [2.05, 4.69) is 10.3 Å². The molecule has 0 bridgehead atoms. The number of para-hydroxylation sites is 1. The van der Waals surface area contributed by atoms with Gasteiger partial charge in [0, 0.05) is 41.2 Å². The molecule has 0 spiro atoms. The predicted molar refractivity (Wildman–Crippen MR) is 153 cm³/mol. The highest BCUT2D eigenvalue weighted by Gasteiger charge is 2.54. The monoisotopic (exact) mass is 592 g/mol. The molecule has 3 unspecified atom stereocenters. The minimum absolute atomic E-state index is 0.124. The Balaban J connectivity index is 1.24. The third kappa shape index (κ3) is 5.18. The third-order valence-electron chi connectivity index (χ3n) is 7.73. The van der Waals surface area contributed by atoms with Gasteiger partial charge in [-0.1, -0.05) is 30.3 Å². The van der Waals surface area contributed by atoms with Crippen LogP contribution in [0.25, 0.3) is 11.0 Å². The Hall–Kier alpha value is -3.87. The second-order valence-corrected chi connectivity index (χ2v) is 13.3. The zero-order valence-electron chi connectivity index (χ0n) is 22.2. The van der Waals surface area contributed by atoms with Crippen molar-refractivity contribution >= 4 is 49.9 Å². The number of Topliss-reactive ketones (excluding diaryl/α,β-unsaturated/α-hetero) is 1. The highest BCUT2D eigenvalue weighted by molar-refractivity contribution is 7.88. The van der Waals surface area contributed by atoms with Crippen molar-refractivity contribution in [1.82, 2.24) is 19.5 Å². The molecule has 10 nitrogen and oxygen atoms in total. The Labute approximate surface area is 241 Å². The van der Waals surface area contributed by atoms with E-state index in [0.717, 1.165) is 10.3 Å². The van der Waals surface area contributed by atoms with E-state index in [1.807, 2.05) is 35.7 Å². The molecular formula is C29H28N4O6S2. The van der Waals surface area contributed by atoms with Crippen LogP contribution in [-0.2, 0) is 31.8 Å². The van der Waals surface area contributed by atoms with Gasteiger partial charge in [0.25, 0.3) is 5.91 Å². The minimum atomic E-state index is -3.83. The van der Waals surface area contributed by atoms with Gasteiger partial charge in [0.05, 0.1) is 18.3 Å². The summed E-state index contributed by atoms with van der Waals surface area (Å²) < 4.78 is 33.6. The number of amides is 2. The zero-order valence-corrected chi connectivity index (χ0v) is 23.9. The molecular weight excluding hydrogens is 564 g/mol. The molecule has 2 saturated heterocycles. The Morgan fingerprint density at radius 2 is 2.00 bits per heavy atom. The number of aromatic nitrogens is 1. The number of aryl methyl sites for hydroxylation is 1. The fraction of sp³-hybridized carbons (Fsp3) is 0.310. The Morgan fingerprint density at radius 3 is 2.73 bits per heavy atom. The molecule has 0 aliphatic carbocycles. The summed E-state index contributed by atoms with van der Waals surface area (Å²) in [5.74, 6) is -1.43. The SMILES string of the molecule is Cc1c(C(=O)NC(Cc2cccs2)C(=O)N2CCC3C2C(=O)CN3S(=O)(=O)Cc2cccnc2)oc2ccccc12. The van der Waals surface area contributed by atoms with Crippen molar-refractivity contribution < 1.29 is 27.2 Å². The van der Waals surface area contributed by atoms with Gasteiger partial charge >= 0.3 is 0 Å². The number of ketones is 1. The summed E-state index contributed by atoms with van der Waals surface area (Å²) in [6.07, 6.45) is 3.61. The van der Waals surface area contributed by atoms with Gasteiger partial charge in [0.15, 0.2) is 11.5 Å². The summed E-state index contributed by atoms with van der Waals surface area (Å²) in [5, 5.41) is 5.55. The summed E-state index contributed by atoms with van der Waals surface area (Å²) in [4.78, 5) is 46.9. The summed E-state index contributed by atoms with van der Waals surface area (Å²) >= 11 is 1.46. The lowest BCUT2D eigenvalue weighted by Gasteiger charge is -2.28. The first kappa shape index (κ1) is 27.3. The van der Waals surface area contributed by atoms with Gasteiger partial charge < -0.3 is 14.6 Å². The van der Waals surface area contributed by atoms with Crippen LogP contribution < -0.4 is 5.32 Å².